The molecule has 5 aromatic rings. The molecular weight excluding hydrogens is 477 g/mol. The molecule has 174 valence electrons. The minimum absolute atomic E-state index is 0.603. The van der Waals surface area contributed by atoms with Gasteiger partial charge in [0, 0.05) is 22.0 Å². The second kappa shape index (κ2) is 10.0. The summed E-state index contributed by atoms with van der Waals surface area (Å²) < 4.78 is 0. The highest BCUT2D eigenvalue weighted by molar-refractivity contribution is 6.30. The maximum absolute atomic E-state index is 12.2. The highest BCUT2D eigenvalue weighted by Gasteiger charge is 2.34. The zero-order valence-electron chi connectivity index (χ0n) is 18.8. The first-order chi connectivity index (χ1) is 17.0. The van der Waals surface area contributed by atoms with Crippen molar-refractivity contribution in [3.8, 4) is 0 Å². The Labute approximate surface area is 214 Å². The van der Waals surface area contributed by atoms with Crippen LogP contribution < -0.4 is 5.32 Å². The zero-order chi connectivity index (χ0) is 24.3. The van der Waals surface area contributed by atoms with Crippen LogP contribution in [0.4, 0.5) is 5.69 Å². The number of hydrogen-bond acceptors (Lipinski definition) is 4. The summed E-state index contributed by atoms with van der Waals surface area (Å²) in [6.45, 7) is 0.744. The monoisotopic (exact) mass is 499 g/mol. The molecule has 4 nitrogen and oxygen atoms in total. The van der Waals surface area contributed by atoms with Gasteiger partial charge in [-0.05, 0) is 65.1 Å². The lowest BCUT2D eigenvalue weighted by molar-refractivity contribution is 0.126. The number of nitrogens with zero attached hydrogens (tertiary/aromatic N) is 2. The molecule has 0 atom stereocenters. The quantitative estimate of drug-likeness (QED) is 0.239. The Morgan fingerprint density at radius 2 is 1.34 bits per heavy atom. The topological polar surface area (TPSA) is 58.0 Å². The van der Waals surface area contributed by atoms with Gasteiger partial charge in [0.15, 0.2) is 0 Å². The highest BCUT2D eigenvalue weighted by atomic mass is 35.5. The number of anilines is 1. The molecule has 2 N–H and O–H groups in total. The van der Waals surface area contributed by atoms with Crippen molar-refractivity contribution in [2.24, 2.45) is 0 Å². The zero-order valence-corrected chi connectivity index (χ0v) is 20.3. The molecular formula is C29H23Cl2N3O. The van der Waals surface area contributed by atoms with E-state index in [4.69, 9.17) is 23.2 Å². The summed E-state index contributed by atoms with van der Waals surface area (Å²) in [4.78, 5) is 0. The van der Waals surface area contributed by atoms with E-state index in [9.17, 15) is 5.11 Å². The Morgan fingerprint density at radius 1 is 0.743 bits per heavy atom. The molecule has 0 aliphatic heterocycles. The normalized spacial score (nSPS) is 11.5. The molecule has 1 aromatic heterocycles. The first-order valence-electron chi connectivity index (χ1n) is 11.3. The number of benzene rings is 4. The Balaban J connectivity index is 1.56. The summed E-state index contributed by atoms with van der Waals surface area (Å²) in [6, 6.07) is 30.5. The fraction of sp³-hybridized carbons (Fsp3) is 0.103. The number of hydrogen-bond donors (Lipinski definition) is 2. The fourth-order valence-corrected chi connectivity index (χ4v) is 4.54. The molecule has 35 heavy (non-hydrogen) atoms. The SMILES string of the molecule is OC(c1ccc(Cl)cc1)(c1ccc(Cl)cc1)c1ccc2nncc(NCCc3ccccc3)c2c1. The number of aromatic nitrogens is 2. The van der Waals surface area contributed by atoms with Crippen molar-refractivity contribution in [1.29, 1.82) is 0 Å². The second-order valence-electron chi connectivity index (χ2n) is 8.38. The van der Waals surface area contributed by atoms with Gasteiger partial charge in [-0.2, -0.15) is 10.2 Å². The van der Waals surface area contributed by atoms with E-state index in [0.29, 0.717) is 26.7 Å². The smallest absolute Gasteiger partial charge is 0.140 e. The van der Waals surface area contributed by atoms with Gasteiger partial charge in [0.25, 0.3) is 0 Å². The molecule has 0 saturated carbocycles. The minimum atomic E-state index is -1.42. The van der Waals surface area contributed by atoms with Crippen LogP contribution in [-0.4, -0.2) is 21.8 Å². The van der Waals surface area contributed by atoms with E-state index in [1.54, 1.807) is 30.5 Å². The summed E-state index contributed by atoms with van der Waals surface area (Å²) in [7, 11) is 0. The predicted octanol–water partition coefficient (Wildman–Crippen LogP) is 6.88. The van der Waals surface area contributed by atoms with Crippen LogP contribution in [0.25, 0.3) is 10.9 Å². The third-order valence-electron chi connectivity index (χ3n) is 6.15. The Kier molecular flexibility index (Phi) is 6.69. The first kappa shape index (κ1) is 23.3. The van der Waals surface area contributed by atoms with Crippen molar-refractivity contribution in [2.45, 2.75) is 12.0 Å². The summed E-state index contributed by atoms with van der Waals surface area (Å²) in [6.07, 6.45) is 2.60. The third-order valence-corrected chi connectivity index (χ3v) is 6.66. The molecule has 0 aliphatic rings. The van der Waals surface area contributed by atoms with Gasteiger partial charge >= 0.3 is 0 Å². The first-order valence-corrected chi connectivity index (χ1v) is 12.1. The lowest BCUT2D eigenvalue weighted by Gasteiger charge is -2.30. The van der Waals surface area contributed by atoms with Crippen LogP contribution in [0, 0.1) is 0 Å². The van der Waals surface area contributed by atoms with E-state index in [2.05, 4.69) is 27.6 Å². The molecule has 1 heterocycles. The van der Waals surface area contributed by atoms with Gasteiger partial charge in [-0.1, -0.05) is 83.9 Å². The van der Waals surface area contributed by atoms with E-state index < -0.39 is 5.60 Å². The van der Waals surface area contributed by atoms with Crippen LogP contribution in [0.15, 0.2) is 103 Å². The summed E-state index contributed by atoms with van der Waals surface area (Å²) in [5.74, 6) is 0. The molecule has 0 fully saturated rings. The lowest BCUT2D eigenvalue weighted by Crippen LogP contribution is -2.28. The van der Waals surface area contributed by atoms with Gasteiger partial charge in [0.05, 0.1) is 17.4 Å². The average molecular weight is 500 g/mol. The molecule has 0 spiro atoms. The van der Waals surface area contributed by atoms with Crippen molar-refractivity contribution in [3.63, 3.8) is 0 Å². The molecule has 6 heteroatoms. The minimum Gasteiger partial charge on any atom is -0.383 e. The number of halogens is 2. The number of aliphatic hydroxyl groups is 1. The van der Waals surface area contributed by atoms with Crippen LogP contribution in [0.2, 0.25) is 10.0 Å². The van der Waals surface area contributed by atoms with Gasteiger partial charge in [0.1, 0.15) is 5.60 Å². The molecule has 0 saturated heterocycles. The molecule has 0 amide bonds. The van der Waals surface area contributed by atoms with E-state index >= 15 is 0 Å². The Bertz CT molecular complexity index is 1390. The number of rotatable bonds is 7. The van der Waals surface area contributed by atoms with Crippen LogP contribution in [0.3, 0.4) is 0 Å². The van der Waals surface area contributed by atoms with Gasteiger partial charge < -0.3 is 10.4 Å². The van der Waals surface area contributed by atoms with Crippen molar-refractivity contribution in [1.82, 2.24) is 10.2 Å². The molecule has 0 bridgehead atoms. The van der Waals surface area contributed by atoms with Crippen LogP contribution in [0.5, 0.6) is 0 Å². The van der Waals surface area contributed by atoms with Crippen LogP contribution >= 0.6 is 23.2 Å². The van der Waals surface area contributed by atoms with Gasteiger partial charge in [-0.3, -0.25) is 0 Å². The predicted molar refractivity (Wildman–Crippen MR) is 143 cm³/mol. The van der Waals surface area contributed by atoms with E-state index in [1.807, 2.05) is 60.7 Å². The summed E-state index contributed by atoms with van der Waals surface area (Å²) in [5, 5.41) is 26.3. The maximum Gasteiger partial charge on any atom is 0.140 e. The molecule has 0 unspecified atom stereocenters. The standard InChI is InChI=1S/C29H23Cl2N3O/c30-24-11-6-21(7-12-24)29(35,22-8-13-25(31)14-9-22)23-10-15-27-26(18-23)28(19-33-34-27)32-17-16-20-4-2-1-3-5-20/h1-15,18-19,35H,16-17H2,(H,32,34). The molecule has 0 radical (unpaired) electrons. The van der Waals surface area contributed by atoms with Crippen LogP contribution in [0.1, 0.15) is 22.3 Å². The van der Waals surface area contributed by atoms with E-state index in [1.165, 1.54) is 5.56 Å². The van der Waals surface area contributed by atoms with Gasteiger partial charge in [0.2, 0.25) is 0 Å². The van der Waals surface area contributed by atoms with E-state index in [-0.39, 0.29) is 0 Å². The maximum atomic E-state index is 12.2. The number of nitrogens with one attached hydrogen (secondary N) is 1. The van der Waals surface area contributed by atoms with Crippen molar-refractivity contribution in [3.05, 3.63) is 136 Å². The van der Waals surface area contributed by atoms with Crippen molar-refractivity contribution < 1.29 is 5.11 Å². The molecule has 4 aromatic carbocycles. The lowest BCUT2D eigenvalue weighted by atomic mass is 9.80. The average Bonchev–Trinajstić information content (AvgIpc) is 2.89. The molecule has 5 rings (SSSR count). The van der Waals surface area contributed by atoms with Gasteiger partial charge in [-0.15, -0.1) is 0 Å². The third kappa shape index (κ3) is 4.87. The molecule has 0 aliphatic carbocycles. The van der Waals surface area contributed by atoms with E-state index in [0.717, 1.165) is 29.6 Å². The van der Waals surface area contributed by atoms with Gasteiger partial charge in [-0.25, -0.2) is 0 Å². The second-order valence-corrected chi connectivity index (χ2v) is 9.25. The number of fused-ring (bicyclic) bond motifs is 1. The highest BCUT2D eigenvalue weighted by Crippen LogP contribution is 2.39. The largest absolute Gasteiger partial charge is 0.383 e. The Hall–Kier alpha value is -3.44. The fourth-order valence-electron chi connectivity index (χ4n) is 4.29. The summed E-state index contributed by atoms with van der Waals surface area (Å²) >= 11 is 12.3. The van der Waals surface area contributed by atoms with Crippen molar-refractivity contribution in [2.75, 3.05) is 11.9 Å². The van der Waals surface area contributed by atoms with Crippen LogP contribution in [-0.2, 0) is 12.0 Å². The summed E-state index contributed by atoms with van der Waals surface area (Å²) in [5.41, 5.74) is 3.54. The van der Waals surface area contributed by atoms with Crippen molar-refractivity contribution >= 4 is 39.8 Å². The Morgan fingerprint density at radius 3 is 1.97 bits per heavy atom.